The van der Waals surface area contributed by atoms with Crippen molar-refractivity contribution in [2.75, 3.05) is 13.1 Å². The quantitative estimate of drug-likeness (QED) is 0.595. The third-order valence-corrected chi connectivity index (χ3v) is 8.16. The van der Waals surface area contributed by atoms with E-state index in [0.29, 0.717) is 27.2 Å². The third kappa shape index (κ3) is 3.73. The van der Waals surface area contributed by atoms with Gasteiger partial charge in [-0.2, -0.15) is 0 Å². The summed E-state index contributed by atoms with van der Waals surface area (Å²) < 4.78 is 5.94. The molecule has 3 aliphatic rings. The fourth-order valence-electron chi connectivity index (χ4n) is 5.07. The SMILES string of the molecule is O=C(NC1CC2(C1)CC(c1nc3cc(Cl)ccc3o1)C2)c1ccnc(SC2CNC2)c1. The number of fused-ring (bicyclic) bond motifs is 1. The standard InChI is InChI=1S/C23H23ClN4O2S/c24-15-1-2-19-18(6-15)28-22(30-19)14-7-23(8-14)9-16(10-23)27-21(29)13-3-4-26-20(5-13)31-17-11-25-12-17/h1-6,14,16-17,25H,7-12H2,(H,27,29). The van der Waals surface area contributed by atoms with Gasteiger partial charge in [-0.15, -0.1) is 11.8 Å². The first kappa shape index (κ1) is 19.6. The highest BCUT2D eigenvalue weighted by Crippen LogP contribution is 2.61. The molecule has 0 bridgehead atoms. The minimum Gasteiger partial charge on any atom is -0.440 e. The van der Waals surface area contributed by atoms with E-state index in [1.807, 2.05) is 24.3 Å². The van der Waals surface area contributed by atoms with Gasteiger partial charge in [-0.05, 0) is 61.4 Å². The minimum absolute atomic E-state index is 0.00235. The van der Waals surface area contributed by atoms with Crippen LogP contribution in [0.25, 0.3) is 11.1 Å². The molecule has 3 aromatic rings. The van der Waals surface area contributed by atoms with Crippen LogP contribution in [-0.4, -0.2) is 40.3 Å². The molecule has 6 nitrogen and oxygen atoms in total. The summed E-state index contributed by atoms with van der Waals surface area (Å²) in [5, 5.41) is 8.62. The highest BCUT2D eigenvalue weighted by molar-refractivity contribution is 8.00. The van der Waals surface area contributed by atoms with Crippen molar-refractivity contribution in [3.05, 3.63) is 53.0 Å². The van der Waals surface area contributed by atoms with Crippen molar-refractivity contribution in [2.45, 2.75) is 47.9 Å². The number of oxazole rings is 1. The smallest absolute Gasteiger partial charge is 0.251 e. The van der Waals surface area contributed by atoms with Crippen molar-refractivity contribution in [1.29, 1.82) is 0 Å². The Hall–Kier alpha value is -2.09. The maximum absolute atomic E-state index is 12.7. The second-order valence-corrected chi connectivity index (χ2v) is 10.9. The predicted molar refractivity (Wildman–Crippen MR) is 121 cm³/mol. The van der Waals surface area contributed by atoms with Gasteiger partial charge in [-0.25, -0.2) is 9.97 Å². The molecule has 0 unspecified atom stereocenters. The van der Waals surface area contributed by atoms with Crippen LogP contribution in [0.15, 0.2) is 46.0 Å². The number of aromatic nitrogens is 2. The summed E-state index contributed by atoms with van der Waals surface area (Å²) in [7, 11) is 0. The van der Waals surface area contributed by atoms with Gasteiger partial charge in [-0.3, -0.25) is 4.79 Å². The van der Waals surface area contributed by atoms with E-state index in [1.54, 1.807) is 24.0 Å². The number of hydrogen-bond donors (Lipinski definition) is 2. The van der Waals surface area contributed by atoms with E-state index in [4.69, 9.17) is 16.0 Å². The van der Waals surface area contributed by atoms with Crippen LogP contribution in [0.3, 0.4) is 0 Å². The monoisotopic (exact) mass is 454 g/mol. The number of benzene rings is 1. The molecule has 3 fully saturated rings. The van der Waals surface area contributed by atoms with Crippen LogP contribution < -0.4 is 10.6 Å². The first-order chi connectivity index (χ1) is 15.1. The summed E-state index contributed by atoms with van der Waals surface area (Å²) in [6.45, 7) is 2.01. The number of nitrogens with one attached hydrogen (secondary N) is 2. The maximum Gasteiger partial charge on any atom is 0.251 e. The van der Waals surface area contributed by atoms with Gasteiger partial charge in [0.15, 0.2) is 11.5 Å². The van der Waals surface area contributed by atoms with Gasteiger partial charge in [0, 0.05) is 47.1 Å². The number of amides is 1. The Morgan fingerprint density at radius 1 is 1.19 bits per heavy atom. The highest BCUT2D eigenvalue weighted by atomic mass is 35.5. The molecule has 1 aromatic carbocycles. The van der Waals surface area contributed by atoms with Crippen LogP contribution >= 0.6 is 23.4 Å². The molecule has 2 aromatic heterocycles. The summed E-state index contributed by atoms with van der Waals surface area (Å²) in [4.78, 5) is 21.7. The molecular weight excluding hydrogens is 432 g/mol. The number of pyridine rings is 1. The molecule has 2 N–H and O–H groups in total. The van der Waals surface area contributed by atoms with Crippen LogP contribution in [0.4, 0.5) is 0 Å². The van der Waals surface area contributed by atoms with Crippen molar-refractivity contribution in [3.8, 4) is 0 Å². The number of nitrogens with zero attached hydrogens (tertiary/aromatic N) is 2. The Labute approximate surface area is 189 Å². The second-order valence-electron chi connectivity index (χ2n) is 9.13. The van der Waals surface area contributed by atoms with Crippen molar-refractivity contribution in [2.24, 2.45) is 5.41 Å². The zero-order valence-electron chi connectivity index (χ0n) is 16.9. The van der Waals surface area contributed by atoms with Gasteiger partial charge in [0.25, 0.3) is 5.91 Å². The molecule has 31 heavy (non-hydrogen) atoms. The fourth-order valence-corrected chi connectivity index (χ4v) is 6.30. The Balaban J connectivity index is 1.02. The molecular formula is C23H23ClN4O2S. The Kier molecular flexibility index (Phi) is 4.74. The molecule has 3 heterocycles. The van der Waals surface area contributed by atoms with Gasteiger partial charge in [-0.1, -0.05) is 11.6 Å². The van der Waals surface area contributed by atoms with Gasteiger partial charge < -0.3 is 15.1 Å². The number of rotatable bonds is 5. The van der Waals surface area contributed by atoms with Gasteiger partial charge in [0.05, 0.1) is 5.03 Å². The van der Waals surface area contributed by atoms with Crippen molar-refractivity contribution in [3.63, 3.8) is 0 Å². The van der Waals surface area contributed by atoms with Crippen molar-refractivity contribution in [1.82, 2.24) is 20.6 Å². The van der Waals surface area contributed by atoms with Gasteiger partial charge in [0.2, 0.25) is 0 Å². The topological polar surface area (TPSA) is 80.1 Å². The molecule has 1 aliphatic heterocycles. The number of thioether (sulfide) groups is 1. The summed E-state index contributed by atoms with van der Waals surface area (Å²) in [5.74, 6) is 1.19. The summed E-state index contributed by atoms with van der Waals surface area (Å²) in [5.41, 5.74) is 2.65. The molecule has 6 rings (SSSR count). The van der Waals surface area contributed by atoms with Crippen LogP contribution in [0.5, 0.6) is 0 Å². The number of carbonyl (C=O) groups excluding carboxylic acids is 1. The first-order valence-electron chi connectivity index (χ1n) is 10.8. The fraction of sp³-hybridized carbons (Fsp3) is 0.435. The van der Waals surface area contributed by atoms with E-state index in [2.05, 4.69) is 20.6 Å². The molecule has 0 radical (unpaired) electrons. The van der Waals surface area contributed by atoms with Crippen LogP contribution in [0.2, 0.25) is 5.02 Å². The highest BCUT2D eigenvalue weighted by Gasteiger charge is 2.54. The van der Waals surface area contributed by atoms with Crippen molar-refractivity contribution < 1.29 is 9.21 Å². The van der Waals surface area contributed by atoms with Gasteiger partial charge >= 0.3 is 0 Å². The Bertz CT molecular complexity index is 1150. The van der Waals surface area contributed by atoms with E-state index in [1.165, 1.54) is 0 Å². The second kappa shape index (κ2) is 7.50. The molecule has 8 heteroatoms. The van der Waals surface area contributed by atoms with E-state index >= 15 is 0 Å². The lowest BCUT2D eigenvalue weighted by atomic mass is 9.50. The molecule has 160 valence electrons. The normalized spacial score (nSPS) is 27.5. The van der Waals surface area contributed by atoms with E-state index in [0.717, 1.165) is 60.8 Å². The Morgan fingerprint density at radius 3 is 2.81 bits per heavy atom. The average Bonchev–Trinajstić information content (AvgIpc) is 3.08. The number of halogens is 1. The molecule has 1 spiro atoms. The largest absolute Gasteiger partial charge is 0.440 e. The van der Waals surface area contributed by atoms with Crippen LogP contribution in [0.1, 0.15) is 47.8 Å². The number of carbonyl (C=O) groups is 1. The number of hydrogen-bond acceptors (Lipinski definition) is 6. The maximum atomic E-state index is 12.7. The molecule has 1 saturated heterocycles. The molecule has 2 aliphatic carbocycles. The average molecular weight is 455 g/mol. The zero-order valence-corrected chi connectivity index (χ0v) is 18.5. The lowest BCUT2D eigenvalue weighted by molar-refractivity contribution is -0.0253. The van der Waals surface area contributed by atoms with E-state index in [9.17, 15) is 4.79 Å². The zero-order chi connectivity index (χ0) is 21.0. The summed E-state index contributed by atoms with van der Waals surface area (Å²) in [6, 6.07) is 9.51. The molecule has 2 saturated carbocycles. The minimum atomic E-state index is 0.00235. The lowest BCUT2D eigenvalue weighted by Gasteiger charge is -2.57. The Morgan fingerprint density at radius 2 is 2.03 bits per heavy atom. The van der Waals surface area contributed by atoms with Gasteiger partial charge in [0.1, 0.15) is 5.52 Å². The predicted octanol–water partition coefficient (Wildman–Crippen LogP) is 4.40. The van der Waals surface area contributed by atoms with Crippen LogP contribution in [-0.2, 0) is 0 Å². The first-order valence-corrected chi connectivity index (χ1v) is 12.0. The van der Waals surface area contributed by atoms with Crippen molar-refractivity contribution >= 4 is 40.4 Å². The molecule has 1 amide bonds. The third-order valence-electron chi connectivity index (χ3n) is 6.80. The summed E-state index contributed by atoms with van der Waals surface area (Å²) in [6.07, 6.45) is 5.94. The van der Waals surface area contributed by atoms with Crippen LogP contribution in [0, 0.1) is 5.41 Å². The van der Waals surface area contributed by atoms with E-state index in [-0.39, 0.29) is 11.9 Å². The summed E-state index contributed by atoms with van der Waals surface area (Å²) >= 11 is 7.79. The lowest BCUT2D eigenvalue weighted by Crippen LogP contribution is -2.55. The molecule has 0 atom stereocenters. The van der Waals surface area contributed by atoms with E-state index < -0.39 is 0 Å².